The zero-order valence-corrected chi connectivity index (χ0v) is 7.66. The summed E-state index contributed by atoms with van der Waals surface area (Å²) >= 11 is 0. The van der Waals surface area contributed by atoms with Gasteiger partial charge in [-0.3, -0.25) is 4.79 Å². The van der Waals surface area contributed by atoms with E-state index in [4.69, 9.17) is 0 Å². The molecule has 1 aromatic rings. The highest BCUT2D eigenvalue weighted by molar-refractivity contribution is 5.93. The minimum Gasteiger partial charge on any atom is -0.345 e. The molecule has 1 aromatic carbocycles. The number of hydrogen-bond donors (Lipinski definition) is 0. The lowest BCUT2D eigenvalue weighted by Gasteiger charge is -2.09. The first-order chi connectivity index (χ1) is 5.61. The van der Waals surface area contributed by atoms with Gasteiger partial charge in [-0.15, -0.1) is 0 Å². The van der Waals surface area contributed by atoms with Crippen LogP contribution in [0.4, 0.5) is 0 Å². The molecule has 64 valence electrons. The summed E-state index contributed by atoms with van der Waals surface area (Å²) in [7, 11) is 3.50. The predicted octanol–water partition coefficient (Wildman–Crippen LogP) is 1.70. The van der Waals surface area contributed by atoms with Gasteiger partial charge in [0.25, 0.3) is 5.91 Å². The summed E-state index contributed by atoms with van der Waals surface area (Å²) in [6.07, 6.45) is 0. The van der Waals surface area contributed by atoms with E-state index >= 15 is 0 Å². The fourth-order valence-electron chi connectivity index (χ4n) is 0.954. The maximum Gasteiger partial charge on any atom is 0.253 e. The van der Waals surface area contributed by atoms with Crippen molar-refractivity contribution in [3.05, 3.63) is 35.4 Å². The van der Waals surface area contributed by atoms with Crippen molar-refractivity contribution >= 4 is 5.91 Å². The van der Waals surface area contributed by atoms with E-state index < -0.39 is 0 Å². The Bertz CT molecular complexity index is 274. The molecular formula is C10H13NO. The van der Waals surface area contributed by atoms with Gasteiger partial charge in [0.2, 0.25) is 0 Å². The molecule has 0 atom stereocenters. The van der Waals surface area contributed by atoms with E-state index in [1.54, 1.807) is 19.0 Å². The average Bonchev–Trinajstić information content (AvgIpc) is 2.04. The van der Waals surface area contributed by atoms with Crippen molar-refractivity contribution in [2.75, 3.05) is 14.1 Å². The Labute approximate surface area is 72.8 Å². The zero-order valence-electron chi connectivity index (χ0n) is 7.66. The number of amides is 1. The van der Waals surface area contributed by atoms with E-state index in [9.17, 15) is 4.79 Å². The van der Waals surface area contributed by atoms with Crippen LogP contribution in [-0.4, -0.2) is 24.9 Å². The molecule has 0 aliphatic rings. The van der Waals surface area contributed by atoms with Gasteiger partial charge < -0.3 is 4.90 Å². The predicted molar refractivity (Wildman–Crippen MR) is 49.2 cm³/mol. The lowest BCUT2D eigenvalue weighted by atomic mass is 10.1. The van der Waals surface area contributed by atoms with E-state index in [0.29, 0.717) is 0 Å². The molecule has 2 nitrogen and oxygen atoms in total. The Balaban J connectivity index is 2.90. The first-order valence-corrected chi connectivity index (χ1v) is 3.89. The molecule has 0 saturated carbocycles. The van der Waals surface area contributed by atoms with Gasteiger partial charge >= 0.3 is 0 Å². The van der Waals surface area contributed by atoms with Crippen LogP contribution in [0.15, 0.2) is 24.3 Å². The summed E-state index contributed by atoms with van der Waals surface area (Å²) in [5.41, 5.74) is 1.91. The van der Waals surface area contributed by atoms with Gasteiger partial charge in [-0.05, 0) is 19.1 Å². The van der Waals surface area contributed by atoms with Crippen LogP contribution in [0.3, 0.4) is 0 Å². The maximum absolute atomic E-state index is 11.4. The van der Waals surface area contributed by atoms with E-state index in [1.165, 1.54) is 5.56 Å². The summed E-state index contributed by atoms with van der Waals surface area (Å²) in [6.45, 7) is 2.00. The fraction of sp³-hybridized carbons (Fsp3) is 0.300. The van der Waals surface area contributed by atoms with Crippen LogP contribution in [0.2, 0.25) is 0 Å². The molecule has 0 bridgehead atoms. The molecule has 0 heterocycles. The second kappa shape index (κ2) is 3.39. The number of benzene rings is 1. The Hall–Kier alpha value is -1.31. The summed E-state index contributed by atoms with van der Waals surface area (Å²) < 4.78 is 0. The third-order valence-electron chi connectivity index (χ3n) is 1.70. The molecule has 0 unspecified atom stereocenters. The summed E-state index contributed by atoms with van der Waals surface area (Å²) in [5, 5.41) is 0. The molecule has 1 rings (SSSR count). The minimum absolute atomic E-state index is 0.0509. The largest absolute Gasteiger partial charge is 0.345 e. The Morgan fingerprint density at radius 1 is 1.17 bits per heavy atom. The highest BCUT2D eigenvalue weighted by Crippen LogP contribution is 2.04. The Morgan fingerprint density at radius 3 is 2.08 bits per heavy atom. The highest BCUT2D eigenvalue weighted by atomic mass is 16.2. The summed E-state index contributed by atoms with van der Waals surface area (Å²) in [4.78, 5) is 13.0. The molecule has 0 aromatic heterocycles. The molecule has 0 saturated heterocycles. The van der Waals surface area contributed by atoms with Gasteiger partial charge in [0.1, 0.15) is 0 Å². The zero-order chi connectivity index (χ0) is 9.14. The van der Waals surface area contributed by atoms with Gasteiger partial charge in [-0.2, -0.15) is 0 Å². The molecular weight excluding hydrogens is 150 g/mol. The van der Waals surface area contributed by atoms with Crippen molar-refractivity contribution in [3.63, 3.8) is 0 Å². The van der Waals surface area contributed by atoms with Gasteiger partial charge in [-0.25, -0.2) is 0 Å². The van der Waals surface area contributed by atoms with Crippen LogP contribution in [0.5, 0.6) is 0 Å². The van der Waals surface area contributed by atoms with Crippen molar-refractivity contribution in [3.8, 4) is 0 Å². The van der Waals surface area contributed by atoms with Crippen molar-refractivity contribution in [2.45, 2.75) is 6.92 Å². The lowest BCUT2D eigenvalue weighted by molar-refractivity contribution is 0.0827. The van der Waals surface area contributed by atoms with Crippen LogP contribution in [0, 0.1) is 6.92 Å². The summed E-state index contributed by atoms with van der Waals surface area (Å²) in [5.74, 6) is 0.0509. The van der Waals surface area contributed by atoms with Crippen molar-refractivity contribution < 1.29 is 4.79 Å². The fourth-order valence-corrected chi connectivity index (χ4v) is 0.954. The standard InChI is InChI=1S/C10H13NO/c1-8-4-6-9(7-5-8)10(12)11(2)3/h4-7H,1-3H3. The molecule has 0 fully saturated rings. The van der Waals surface area contributed by atoms with Crippen LogP contribution in [0.25, 0.3) is 0 Å². The lowest BCUT2D eigenvalue weighted by Crippen LogP contribution is -2.21. The number of aryl methyl sites for hydroxylation is 1. The highest BCUT2D eigenvalue weighted by Gasteiger charge is 2.05. The maximum atomic E-state index is 11.4. The topological polar surface area (TPSA) is 20.3 Å². The van der Waals surface area contributed by atoms with Crippen LogP contribution < -0.4 is 0 Å². The first kappa shape index (κ1) is 8.78. The third-order valence-corrected chi connectivity index (χ3v) is 1.70. The number of rotatable bonds is 1. The Morgan fingerprint density at radius 2 is 1.67 bits per heavy atom. The molecule has 1 amide bonds. The first-order valence-electron chi connectivity index (χ1n) is 3.89. The van der Waals surface area contributed by atoms with Gasteiger partial charge in [0.15, 0.2) is 0 Å². The van der Waals surface area contributed by atoms with E-state index in [2.05, 4.69) is 0 Å². The molecule has 0 aliphatic heterocycles. The molecule has 0 aliphatic carbocycles. The number of hydrogen-bond acceptors (Lipinski definition) is 1. The van der Waals surface area contributed by atoms with Crippen LogP contribution in [-0.2, 0) is 0 Å². The van der Waals surface area contributed by atoms with E-state index in [1.807, 2.05) is 31.2 Å². The number of nitrogens with zero attached hydrogens (tertiary/aromatic N) is 1. The SMILES string of the molecule is Cc1ccc(C(=O)N(C)C)cc1. The van der Waals surface area contributed by atoms with Gasteiger partial charge in [0.05, 0.1) is 0 Å². The van der Waals surface area contributed by atoms with Crippen molar-refractivity contribution in [1.82, 2.24) is 4.90 Å². The van der Waals surface area contributed by atoms with Crippen LogP contribution >= 0.6 is 0 Å². The van der Waals surface area contributed by atoms with Crippen molar-refractivity contribution in [2.24, 2.45) is 0 Å². The minimum atomic E-state index is 0.0509. The van der Waals surface area contributed by atoms with Gasteiger partial charge in [-0.1, -0.05) is 17.7 Å². The second-order valence-electron chi connectivity index (χ2n) is 3.07. The quantitative estimate of drug-likeness (QED) is 0.617. The van der Waals surface area contributed by atoms with Crippen molar-refractivity contribution in [1.29, 1.82) is 0 Å². The molecule has 12 heavy (non-hydrogen) atoms. The molecule has 0 radical (unpaired) electrons. The molecule has 2 heteroatoms. The number of carbonyl (C=O) groups is 1. The van der Waals surface area contributed by atoms with Gasteiger partial charge in [0, 0.05) is 19.7 Å². The Kier molecular flexibility index (Phi) is 2.48. The van der Waals surface area contributed by atoms with E-state index in [0.717, 1.165) is 5.56 Å². The molecule has 0 N–H and O–H groups in total. The summed E-state index contributed by atoms with van der Waals surface area (Å²) in [6, 6.07) is 7.57. The van der Waals surface area contributed by atoms with E-state index in [-0.39, 0.29) is 5.91 Å². The molecule has 0 spiro atoms. The third kappa shape index (κ3) is 1.84. The monoisotopic (exact) mass is 163 g/mol. The number of carbonyl (C=O) groups excluding carboxylic acids is 1. The normalized spacial score (nSPS) is 9.58. The second-order valence-corrected chi connectivity index (χ2v) is 3.07. The smallest absolute Gasteiger partial charge is 0.253 e. The average molecular weight is 163 g/mol. The van der Waals surface area contributed by atoms with Crippen LogP contribution in [0.1, 0.15) is 15.9 Å².